The van der Waals surface area contributed by atoms with Crippen molar-refractivity contribution in [2.75, 3.05) is 50.9 Å². The lowest BCUT2D eigenvalue weighted by Crippen LogP contribution is -2.44. The van der Waals surface area contributed by atoms with Crippen LogP contribution in [0.2, 0.25) is 0 Å². The van der Waals surface area contributed by atoms with Crippen molar-refractivity contribution in [2.45, 2.75) is 13.3 Å². The molecule has 0 bridgehead atoms. The lowest BCUT2D eigenvalue weighted by Gasteiger charge is -2.33. The summed E-state index contributed by atoms with van der Waals surface area (Å²) in [6.07, 6.45) is 0.389. The molecule has 7 heteroatoms. The number of ketones is 1. The van der Waals surface area contributed by atoms with E-state index in [4.69, 9.17) is 5.73 Å². The highest BCUT2D eigenvalue weighted by Gasteiger charge is 2.28. The Morgan fingerprint density at radius 1 is 1.29 bits per heavy atom. The lowest BCUT2D eigenvalue weighted by molar-refractivity contribution is 0.0964. The molecule has 21 heavy (non-hydrogen) atoms. The molecule has 6 nitrogen and oxygen atoms in total. The van der Waals surface area contributed by atoms with E-state index in [1.165, 1.54) is 11.3 Å². The highest BCUT2D eigenvalue weighted by Crippen LogP contribution is 2.39. The van der Waals surface area contributed by atoms with Gasteiger partial charge in [-0.1, -0.05) is 6.92 Å². The molecule has 0 atom stereocenters. The van der Waals surface area contributed by atoms with Crippen molar-refractivity contribution < 1.29 is 9.59 Å². The number of hydrogen-bond donors (Lipinski definition) is 2. The molecule has 1 amide bonds. The molecule has 0 radical (unpaired) electrons. The number of nitrogens with zero attached hydrogens (tertiary/aromatic N) is 2. The Labute approximate surface area is 128 Å². The molecular weight excluding hydrogens is 288 g/mol. The van der Waals surface area contributed by atoms with Crippen LogP contribution in [0.25, 0.3) is 0 Å². The molecule has 2 rings (SSSR count). The number of carbonyl (C=O) groups is 2. The van der Waals surface area contributed by atoms with E-state index < -0.39 is 0 Å². The molecule has 2 heterocycles. The van der Waals surface area contributed by atoms with Crippen LogP contribution in [0.15, 0.2) is 0 Å². The molecule has 1 aliphatic heterocycles. The first kappa shape index (κ1) is 15.8. The number of hydrogen-bond acceptors (Lipinski definition) is 6. The van der Waals surface area contributed by atoms with Crippen LogP contribution in [0.1, 0.15) is 33.4 Å². The zero-order valence-electron chi connectivity index (χ0n) is 12.7. The van der Waals surface area contributed by atoms with Gasteiger partial charge in [0.1, 0.15) is 5.00 Å². The minimum atomic E-state index is -0.229. The smallest absolute Gasteiger partial charge is 0.256 e. The van der Waals surface area contributed by atoms with Crippen LogP contribution in [-0.2, 0) is 0 Å². The standard InChI is InChI=1S/C14H22N4O2S/c1-4-9(19)12-11(15)10(13(20)16-2)14(21-12)18-7-5-17(3)6-8-18/h4-8,15H2,1-3H3,(H,16,20). The van der Waals surface area contributed by atoms with Crippen molar-refractivity contribution in [3.8, 4) is 0 Å². The minimum Gasteiger partial charge on any atom is -0.397 e. The molecule has 0 aliphatic carbocycles. The first-order valence-corrected chi connectivity index (χ1v) is 7.92. The zero-order valence-corrected chi connectivity index (χ0v) is 13.5. The van der Waals surface area contributed by atoms with E-state index in [1.807, 2.05) is 0 Å². The quantitative estimate of drug-likeness (QED) is 0.812. The molecule has 1 saturated heterocycles. The van der Waals surface area contributed by atoms with Crippen LogP contribution in [0.5, 0.6) is 0 Å². The molecule has 1 aromatic rings. The summed E-state index contributed by atoms with van der Waals surface area (Å²) in [4.78, 5) is 29.1. The van der Waals surface area contributed by atoms with E-state index in [1.54, 1.807) is 14.0 Å². The first-order valence-electron chi connectivity index (χ1n) is 7.10. The Kier molecular flexibility index (Phi) is 4.84. The van der Waals surface area contributed by atoms with Gasteiger partial charge in [-0.25, -0.2) is 0 Å². The number of nitrogens with two attached hydrogens (primary N) is 1. The van der Waals surface area contributed by atoms with Crippen molar-refractivity contribution in [2.24, 2.45) is 0 Å². The number of anilines is 2. The molecule has 1 aliphatic rings. The van der Waals surface area contributed by atoms with Crippen molar-refractivity contribution in [3.05, 3.63) is 10.4 Å². The Morgan fingerprint density at radius 3 is 2.43 bits per heavy atom. The van der Waals surface area contributed by atoms with E-state index in [-0.39, 0.29) is 11.7 Å². The van der Waals surface area contributed by atoms with Gasteiger partial charge in [0.05, 0.1) is 16.1 Å². The van der Waals surface area contributed by atoms with Gasteiger partial charge in [-0.05, 0) is 7.05 Å². The number of amides is 1. The Bertz CT molecular complexity index is 547. The van der Waals surface area contributed by atoms with Gasteiger partial charge in [-0.2, -0.15) is 0 Å². The molecule has 116 valence electrons. The first-order chi connectivity index (χ1) is 9.99. The molecule has 0 aromatic carbocycles. The Hall–Kier alpha value is -1.60. The minimum absolute atomic E-state index is 0.0111. The van der Waals surface area contributed by atoms with Crippen LogP contribution in [0.4, 0.5) is 10.7 Å². The second-order valence-electron chi connectivity index (χ2n) is 5.17. The van der Waals surface area contributed by atoms with E-state index in [2.05, 4.69) is 22.2 Å². The number of Topliss-reactive ketones (excluding diaryl/α,β-unsaturated/α-hetero) is 1. The summed E-state index contributed by atoms with van der Waals surface area (Å²) >= 11 is 1.34. The van der Waals surface area contributed by atoms with Gasteiger partial charge in [-0.3, -0.25) is 9.59 Å². The molecule has 3 N–H and O–H groups in total. The van der Waals surface area contributed by atoms with Crippen molar-refractivity contribution in [1.82, 2.24) is 10.2 Å². The summed E-state index contributed by atoms with van der Waals surface area (Å²) in [5, 5.41) is 3.44. The molecule has 0 unspecified atom stereocenters. The summed E-state index contributed by atoms with van der Waals surface area (Å²) in [6, 6.07) is 0. The SMILES string of the molecule is CCC(=O)c1sc(N2CCN(C)CC2)c(C(=O)NC)c1N. The normalized spacial score (nSPS) is 16.0. The van der Waals surface area contributed by atoms with E-state index >= 15 is 0 Å². The second kappa shape index (κ2) is 6.44. The molecule has 0 spiro atoms. The fourth-order valence-corrected chi connectivity index (χ4v) is 3.66. The molecular formula is C14H22N4O2S. The maximum atomic E-state index is 12.2. The molecule has 1 aromatic heterocycles. The summed E-state index contributed by atoms with van der Waals surface area (Å²) in [5.41, 5.74) is 6.85. The van der Waals surface area contributed by atoms with E-state index in [9.17, 15) is 9.59 Å². The maximum Gasteiger partial charge on any atom is 0.256 e. The van der Waals surface area contributed by atoms with Gasteiger partial charge in [0, 0.05) is 39.6 Å². The summed E-state index contributed by atoms with van der Waals surface area (Å²) in [7, 11) is 3.65. The van der Waals surface area contributed by atoms with Gasteiger partial charge in [-0.15, -0.1) is 11.3 Å². The van der Waals surface area contributed by atoms with Crippen molar-refractivity contribution >= 4 is 33.7 Å². The van der Waals surface area contributed by atoms with Gasteiger partial charge in [0.2, 0.25) is 0 Å². The van der Waals surface area contributed by atoms with Gasteiger partial charge in [0.25, 0.3) is 5.91 Å². The third-order valence-corrected chi connectivity index (χ3v) is 5.05. The number of rotatable bonds is 4. The van der Waals surface area contributed by atoms with E-state index in [0.29, 0.717) is 22.5 Å². The van der Waals surface area contributed by atoms with Gasteiger partial charge in [0.15, 0.2) is 5.78 Å². The van der Waals surface area contributed by atoms with Gasteiger partial charge >= 0.3 is 0 Å². The number of nitrogens with one attached hydrogen (secondary N) is 1. The topological polar surface area (TPSA) is 78.7 Å². The predicted molar refractivity (Wildman–Crippen MR) is 86.5 cm³/mol. The average molecular weight is 310 g/mol. The molecule has 0 saturated carbocycles. The predicted octanol–water partition coefficient (Wildman–Crippen LogP) is 1.03. The number of nitrogen functional groups attached to an aromatic ring is 1. The van der Waals surface area contributed by atoms with Crippen LogP contribution < -0.4 is 16.0 Å². The van der Waals surface area contributed by atoms with E-state index in [0.717, 1.165) is 31.2 Å². The highest BCUT2D eigenvalue weighted by molar-refractivity contribution is 7.19. The van der Waals surface area contributed by atoms with Crippen LogP contribution in [0.3, 0.4) is 0 Å². The maximum absolute atomic E-state index is 12.2. The average Bonchev–Trinajstić information content (AvgIpc) is 2.84. The third kappa shape index (κ3) is 3.03. The summed E-state index contributed by atoms with van der Waals surface area (Å²) in [6.45, 7) is 5.33. The number of carbonyl (C=O) groups excluding carboxylic acids is 2. The summed E-state index contributed by atoms with van der Waals surface area (Å²) < 4.78 is 0. The highest BCUT2D eigenvalue weighted by atomic mass is 32.1. The summed E-state index contributed by atoms with van der Waals surface area (Å²) in [5.74, 6) is -0.240. The van der Waals surface area contributed by atoms with Crippen molar-refractivity contribution in [1.29, 1.82) is 0 Å². The molecule has 1 fully saturated rings. The second-order valence-corrected chi connectivity index (χ2v) is 6.17. The Balaban J connectivity index is 2.43. The number of piperazine rings is 1. The fraction of sp³-hybridized carbons (Fsp3) is 0.571. The van der Waals surface area contributed by atoms with Crippen LogP contribution >= 0.6 is 11.3 Å². The monoisotopic (exact) mass is 310 g/mol. The Morgan fingerprint density at radius 2 is 1.90 bits per heavy atom. The largest absolute Gasteiger partial charge is 0.397 e. The van der Waals surface area contributed by atoms with Crippen molar-refractivity contribution in [3.63, 3.8) is 0 Å². The van der Waals surface area contributed by atoms with Crippen LogP contribution in [0, 0.1) is 0 Å². The van der Waals surface area contributed by atoms with Crippen LogP contribution in [-0.4, -0.2) is 56.9 Å². The van der Waals surface area contributed by atoms with Gasteiger partial charge < -0.3 is 20.9 Å². The third-order valence-electron chi connectivity index (χ3n) is 3.75. The number of thiophene rings is 1. The zero-order chi connectivity index (χ0) is 15.6. The number of likely N-dealkylation sites (N-methyl/N-ethyl adjacent to an activating group) is 1. The fourth-order valence-electron chi connectivity index (χ4n) is 2.38. The lowest BCUT2D eigenvalue weighted by atomic mass is 10.1.